The van der Waals surface area contributed by atoms with Crippen LogP contribution in [0.15, 0.2) is 30.5 Å². The Labute approximate surface area is 134 Å². The highest BCUT2D eigenvalue weighted by atomic mass is 16.2. The third kappa shape index (κ3) is 3.41. The number of primary amides is 1. The van der Waals surface area contributed by atoms with E-state index in [1.54, 1.807) is 17.8 Å². The lowest BCUT2D eigenvalue weighted by molar-refractivity contribution is -0.122. The zero-order valence-electron chi connectivity index (χ0n) is 13.1. The number of nitrogens with zero attached hydrogens (tertiary/aromatic N) is 2. The van der Waals surface area contributed by atoms with Crippen LogP contribution < -0.4 is 11.1 Å². The van der Waals surface area contributed by atoms with Crippen molar-refractivity contribution in [1.29, 1.82) is 0 Å². The van der Waals surface area contributed by atoms with E-state index in [1.807, 2.05) is 24.3 Å². The summed E-state index contributed by atoms with van der Waals surface area (Å²) in [5.41, 5.74) is 8.20. The molecule has 0 unspecified atom stereocenters. The van der Waals surface area contributed by atoms with Gasteiger partial charge in [-0.2, -0.15) is 5.10 Å². The lowest BCUT2D eigenvalue weighted by Gasteiger charge is -2.24. The normalized spacial score (nSPS) is 14.3. The topological polar surface area (TPSA) is 90.0 Å². The molecule has 1 fully saturated rings. The first kappa shape index (κ1) is 15.3. The minimum Gasteiger partial charge on any atom is -0.365 e. The van der Waals surface area contributed by atoms with Gasteiger partial charge in [0.2, 0.25) is 5.91 Å². The predicted octanol–water partition coefficient (Wildman–Crippen LogP) is 2.08. The monoisotopic (exact) mass is 312 g/mol. The van der Waals surface area contributed by atoms with E-state index in [9.17, 15) is 9.59 Å². The number of anilines is 1. The molecule has 2 amide bonds. The van der Waals surface area contributed by atoms with Crippen molar-refractivity contribution >= 4 is 17.5 Å². The lowest BCUT2D eigenvalue weighted by atomic mass is 9.85. The summed E-state index contributed by atoms with van der Waals surface area (Å²) in [6, 6.07) is 7.66. The summed E-state index contributed by atoms with van der Waals surface area (Å²) in [7, 11) is 0. The Morgan fingerprint density at radius 2 is 2.00 bits per heavy atom. The first-order valence-corrected chi connectivity index (χ1v) is 7.76. The van der Waals surface area contributed by atoms with E-state index in [4.69, 9.17) is 5.73 Å². The van der Waals surface area contributed by atoms with Crippen LogP contribution in [-0.4, -0.2) is 21.6 Å². The fourth-order valence-electron chi connectivity index (χ4n) is 2.64. The van der Waals surface area contributed by atoms with Crippen molar-refractivity contribution in [2.75, 3.05) is 5.32 Å². The summed E-state index contributed by atoms with van der Waals surface area (Å²) in [4.78, 5) is 23.2. The molecular formula is C17H20N4O2. The van der Waals surface area contributed by atoms with Crippen LogP contribution in [0.1, 0.15) is 40.9 Å². The highest BCUT2D eigenvalue weighted by Gasteiger charge is 2.25. The van der Waals surface area contributed by atoms with E-state index in [2.05, 4.69) is 10.4 Å². The molecule has 23 heavy (non-hydrogen) atoms. The number of amides is 2. The summed E-state index contributed by atoms with van der Waals surface area (Å²) in [5.74, 6) is -0.186. The van der Waals surface area contributed by atoms with Crippen LogP contribution in [0.3, 0.4) is 0 Å². The largest absolute Gasteiger partial charge is 0.365 e. The van der Waals surface area contributed by atoms with Gasteiger partial charge < -0.3 is 11.1 Å². The van der Waals surface area contributed by atoms with Gasteiger partial charge >= 0.3 is 0 Å². The summed E-state index contributed by atoms with van der Waals surface area (Å²) >= 11 is 0. The summed E-state index contributed by atoms with van der Waals surface area (Å²) in [6.45, 7) is 2.31. The molecule has 120 valence electrons. The molecule has 0 bridgehead atoms. The van der Waals surface area contributed by atoms with Gasteiger partial charge in [0.15, 0.2) is 0 Å². The average Bonchev–Trinajstić information content (AvgIpc) is 2.80. The van der Waals surface area contributed by atoms with E-state index >= 15 is 0 Å². The third-order valence-electron chi connectivity index (χ3n) is 4.25. The summed E-state index contributed by atoms with van der Waals surface area (Å²) < 4.78 is 1.69. The van der Waals surface area contributed by atoms with Crippen LogP contribution in [0.4, 0.5) is 5.69 Å². The first-order chi connectivity index (χ1) is 11.0. The van der Waals surface area contributed by atoms with Gasteiger partial charge in [0.25, 0.3) is 5.91 Å². The molecule has 6 nitrogen and oxygen atoms in total. The number of aromatic nitrogens is 2. The summed E-state index contributed by atoms with van der Waals surface area (Å²) in [6.07, 6.45) is 4.78. The Balaban J connectivity index is 1.64. The van der Waals surface area contributed by atoms with Gasteiger partial charge in [-0.3, -0.25) is 14.3 Å². The molecule has 1 aliphatic rings. The quantitative estimate of drug-likeness (QED) is 0.885. The van der Waals surface area contributed by atoms with E-state index in [1.165, 1.54) is 0 Å². The fraction of sp³-hybridized carbons (Fsp3) is 0.353. The van der Waals surface area contributed by atoms with Gasteiger partial charge in [0.1, 0.15) is 0 Å². The van der Waals surface area contributed by atoms with Gasteiger partial charge in [0, 0.05) is 17.8 Å². The minimum absolute atomic E-state index is 0.109. The molecule has 0 radical (unpaired) electrons. The van der Waals surface area contributed by atoms with Gasteiger partial charge in [-0.05, 0) is 37.5 Å². The second kappa shape index (κ2) is 6.24. The number of nitrogens with one attached hydrogen (secondary N) is 1. The fourth-order valence-corrected chi connectivity index (χ4v) is 2.64. The van der Waals surface area contributed by atoms with E-state index in [-0.39, 0.29) is 11.8 Å². The molecule has 1 aromatic heterocycles. The molecule has 3 N–H and O–H groups in total. The van der Waals surface area contributed by atoms with Gasteiger partial charge in [-0.15, -0.1) is 0 Å². The second-order valence-electron chi connectivity index (χ2n) is 6.00. The Bertz CT molecular complexity index is 730. The maximum atomic E-state index is 11.9. The van der Waals surface area contributed by atoms with Gasteiger partial charge in [0.05, 0.1) is 17.8 Å². The third-order valence-corrected chi connectivity index (χ3v) is 4.25. The molecule has 1 aromatic carbocycles. The van der Waals surface area contributed by atoms with Crippen LogP contribution in [0, 0.1) is 12.8 Å². The Morgan fingerprint density at radius 3 is 2.52 bits per heavy atom. The van der Waals surface area contributed by atoms with E-state index in [0.717, 1.165) is 30.5 Å². The number of hydrogen-bond acceptors (Lipinski definition) is 3. The number of hydrogen-bond donors (Lipinski definition) is 2. The van der Waals surface area contributed by atoms with Crippen LogP contribution in [0.5, 0.6) is 0 Å². The minimum atomic E-state index is -0.470. The number of nitrogens with two attached hydrogens (primary N) is 1. The highest BCUT2D eigenvalue weighted by molar-refractivity contribution is 5.93. The van der Waals surface area contributed by atoms with Crippen molar-refractivity contribution in [3.63, 3.8) is 0 Å². The van der Waals surface area contributed by atoms with Crippen molar-refractivity contribution in [3.05, 3.63) is 47.3 Å². The van der Waals surface area contributed by atoms with Crippen LogP contribution in [0.25, 0.3) is 0 Å². The molecule has 0 atom stereocenters. The summed E-state index contributed by atoms with van der Waals surface area (Å²) in [5, 5.41) is 7.23. The van der Waals surface area contributed by atoms with Crippen LogP contribution >= 0.6 is 0 Å². The van der Waals surface area contributed by atoms with Crippen molar-refractivity contribution in [2.24, 2.45) is 11.7 Å². The smallest absolute Gasteiger partial charge is 0.252 e. The van der Waals surface area contributed by atoms with Crippen molar-refractivity contribution in [2.45, 2.75) is 32.7 Å². The van der Waals surface area contributed by atoms with Crippen LogP contribution in [0.2, 0.25) is 0 Å². The molecule has 0 spiro atoms. The molecule has 3 rings (SSSR count). The van der Waals surface area contributed by atoms with E-state index in [0.29, 0.717) is 17.8 Å². The molecule has 6 heteroatoms. The standard InChI is InChI=1S/C17H20N4O2/c1-11-15(16(18)22)10-21(20-11)9-12-5-7-14(8-6-12)19-17(23)13-3-2-4-13/h5-8,10,13H,2-4,9H2,1H3,(H2,18,22)(H,19,23). The predicted molar refractivity (Wildman–Crippen MR) is 87.0 cm³/mol. The highest BCUT2D eigenvalue weighted by Crippen LogP contribution is 2.27. The maximum Gasteiger partial charge on any atom is 0.252 e. The maximum absolute atomic E-state index is 11.9. The number of rotatable bonds is 5. The van der Waals surface area contributed by atoms with Gasteiger partial charge in [-0.25, -0.2) is 0 Å². The molecular weight excluding hydrogens is 292 g/mol. The van der Waals surface area contributed by atoms with Crippen molar-refractivity contribution < 1.29 is 9.59 Å². The van der Waals surface area contributed by atoms with Crippen molar-refractivity contribution in [3.8, 4) is 0 Å². The first-order valence-electron chi connectivity index (χ1n) is 7.76. The SMILES string of the molecule is Cc1nn(Cc2ccc(NC(=O)C3CCC3)cc2)cc1C(N)=O. The average molecular weight is 312 g/mol. The molecule has 2 aromatic rings. The second-order valence-corrected chi connectivity index (χ2v) is 6.00. The number of aryl methyl sites for hydroxylation is 1. The Kier molecular flexibility index (Phi) is 4.14. The lowest BCUT2D eigenvalue weighted by Crippen LogP contribution is -2.27. The zero-order valence-corrected chi connectivity index (χ0v) is 13.1. The Morgan fingerprint density at radius 1 is 1.30 bits per heavy atom. The number of benzene rings is 1. The molecule has 1 aliphatic carbocycles. The Hall–Kier alpha value is -2.63. The molecule has 1 heterocycles. The molecule has 0 aliphatic heterocycles. The zero-order chi connectivity index (χ0) is 16.4. The molecule has 0 saturated heterocycles. The molecule has 1 saturated carbocycles. The number of carbonyl (C=O) groups is 2. The van der Waals surface area contributed by atoms with Gasteiger partial charge in [-0.1, -0.05) is 18.6 Å². The van der Waals surface area contributed by atoms with E-state index < -0.39 is 5.91 Å². The van der Waals surface area contributed by atoms with Crippen molar-refractivity contribution in [1.82, 2.24) is 9.78 Å². The number of carbonyl (C=O) groups excluding carboxylic acids is 2. The van der Waals surface area contributed by atoms with Crippen LogP contribution in [-0.2, 0) is 11.3 Å².